The molecule has 4 heterocycles. The molecule has 0 aliphatic carbocycles. The van der Waals surface area contributed by atoms with Crippen LogP contribution in [0.4, 0.5) is 0 Å². The Balaban J connectivity index is 0.00000724. The summed E-state index contributed by atoms with van der Waals surface area (Å²) in [7, 11) is 0. The topological polar surface area (TPSA) is 40.8 Å². The van der Waals surface area contributed by atoms with Crippen LogP contribution in [-0.4, -0.2) is 18.7 Å². The molecule has 0 aliphatic heterocycles. The summed E-state index contributed by atoms with van der Waals surface area (Å²) < 4.78 is 69.7. The second-order valence-corrected chi connectivity index (χ2v) is 23.0. The summed E-state index contributed by atoms with van der Waals surface area (Å²) in [4.78, 5) is 5.00. The molecule has 7 heteroatoms. The Morgan fingerprint density at radius 1 is 0.575 bits per heavy atom. The Kier molecular flexibility index (Phi) is 11.6. The van der Waals surface area contributed by atoms with Gasteiger partial charge in [-0.3, -0.25) is 4.57 Å². The SMILES string of the molecule is [2H]c1c([2H])c([2H])c(-c2cccc(-c3cc(C(C)(C)C)cc(C(C)(C)C)c3)c2-[n+]2[c-]n(-c3[c-]c(Oc4[c-]c5c(c(-n6c7ccccc7c7ccccc76)c4)c4ccccc4n5-c4cc(C([2H])(C)C(C)C)ccn4)ccc3)c3ccccc32)c([2H])c1[2H].[Pt]. The van der Waals surface area contributed by atoms with E-state index in [9.17, 15) is 4.11 Å². The van der Waals surface area contributed by atoms with Crippen LogP contribution in [0.25, 0.3) is 99.8 Å². The van der Waals surface area contributed by atoms with Gasteiger partial charge in [-0.2, -0.15) is 12.1 Å². The van der Waals surface area contributed by atoms with Gasteiger partial charge in [-0.15, -0.1) is 24.3 Å². The molecule has 0 aliphatic rings. The number of aromatic nitrogens is 5. The van der Waals surface area contributed by atoms with Gasteiger partial charge >= 0.3 is 0 Å². The van der Waals surface area contributed by atoms with Crippen molar-refractivity contribution in [2.45, 2.75) is 79.0 Å². The quantitative estimate of drug-likeness (QED) is 0.101. The third kappa shape index (κ3) is 9.14. The first-order valence-corrected chi connectivity index (χ1v) is 27.1. The average Bonchev–Trinajstić information content (AvgIpc) is 1.55. The van der Waals surface area contributed by atoms with E-state index < -0.39 is 24.0 Å². The second kappa shape index (κ2) is 20.4. The van der Waals surface area contributed by atoms with Gasteiger partial charge in [-0.25, -0.2) is 4.98 Å². The van der Waals surface area contributed by atoms with E-state index >= 15 is 0 Å². The molecule has 0 bridgehead atoms. The molecule has 0 fully saturated rings. The van der Waals surface area contributed by atoms with E-state index in [0.717, 1.165) is 88.1 Å². The molecule has 9 aromatic carbocycles. The number of para-hydroxylation sites is 6. The van der Waals surface area contributed by atoms with Crippen molar-refractivity contribution in [1.29, 1.82) is 0 Å². The summed E-state index contributed by atoms with van der Waals surface area (Å²) in [5.41, 5.74) is 12.3. The molecular weight excluding hydrogens is 1160 g/mol. The van der Waals surface area contributed by atoms with Crippen LogP contribution in [-0.2, 0) is 31.9 Å². The number of fused-ring (bicyclic) bond motifs is 7. The van der Waals surface area contributed by atoms with Gasteiger partial charge in [0.05, 0.1) is 34.6 Å². The number of nitrogens with zero attached hydrogens (tertiary/aromatic N) is 5. The van der Waals surface area contributed by atoms with Gasteiger partial charge in [0.25, 0.3) is 6.33 Å². The smallest absolute Gasteiger partial charge is 0.268 e. The number of rotatable bonds is 10. The van der Waals surface area contributed by atoms with E-state index in [2.05, 4.69) is 174 Å². The van der Waals surface area contributed by atoms with Crippen LogP contribution in [0.1, 0.15) is 93.1 Å². The minimum absolute atomic E-state index is 0. The molecular formula is C73H63N5OPt-2. The predicted octanol–water partition coefficient (Wildman–Crippen LogP) is 18.4. The fourth-order valence-corrected chi connectivity index (χ4v) is 11.1. The van der Waals surface area contributed by atoms with Crippen LogP contribution in [0.3, 0.4) is 0 Å². The zero-order valence-electron chi connectivity index (χ0n) is 52.3. The van der Waals surface area contributed by atoms with Crippen LogP contribution in [0.5, 0.6) is 11.5 Å². The maximum atomic E-state index is 9.45. The first kappa shape index (κ1) is 45.5. The molecule has 0 amide bonds. The van der Waals surface area contributed by atoms with Gasteiger partial charge < -0.3 is 18.4 Å². The van der Waals surface area contributed by atoms with Crippen molar-refractivity contribution in [3.05, 3.63) is 241 Å². The minimum Gasteiger partial charge on any atom is -0.510 e. The van der Waals surface area contributed by atoms with Crippen LogP contribution < -0.4 is 9.30 Å². The summed E-state index contributed by atoms with van der Waals surface area (Å²) in [6.07, 6.45) is 5.50. The van der Waals surface area contributed by atoms with Gasteiger partial charge in [0.2, 0.25) is 0 Å². The van der Waals surface area contributed by atoms with Crippen molar-refractivity contribution in [2.24, 2.45) is 5.92 Å². The number of pyridine rings is 1. The standard InChI is InChI=1S/C73H63N5O.Pt/c1-47(2)48(3)50-37-38-74-69(41-50)78-64-34-18-15-29-61(64)70-67(77-62-32-16-13-27-59(62)60-28-14-17-33-63(60)77)44-56(45-68(70)78)79-55-26-21-25-54(43-55)75-46-76(66-36-20-19-35-65(66)75)71-57(49-23-11-10-12-24-49)30-22-31-58(71)51-39-52(72(4,5)6)42-53(40-51)73(7,8)9;/h10-42,44,47-48H,1-9H3;/q-2;/i10D,11D,12D,23D,24D,48D;. The first-order chi connectivity index (χ1) is 40.6. The third-order valence-electron chi connectivity index (χ3n) is 15.5. The zero-order valence-corrected chi connectivity index (χ0v) is 48.6. The number of imidazole rings is 1. The van der Waals surface area contributed by atoms with Crippen LogP contribution in [0.2, 0.25) is 0 Å². The Labute approximate surface area is 492 Å². The van der Waals surface area contributed by atoms with Crippen LogP contribution in [0, 0.1) is 24.4 Å². The van der Waals surface area contributed by atoms with Crippen molar-refractivity contribution in [1.82, 2.24) is 18.7 Å². The molecule has 1 atom stereocenters. The van der Waals surface area contributed by atoms with Crippen LogP contribution in [0.15, 0.2) is 206 Å². The van der Waals surface area contributed by atoms with Crippen molar-refractivity contribution in [3.8, 4) is 56.6 Å². The summed E-state index contributed by atoms with van der Waals surface area (Å²) in [6.45, 7) is 19.3. The molecule has 0 spiro atoms. The first-order valence-electron chi connectivity index (χ1n) is 30.1. The molecule has 0 radical (unpaired) electrons. The molecule has 4 aromatic heterocycles. The van der Waals surface area contributed by atoms with Crippen molar-refractivity contribution in [3.63, 3.8) is 0 Å². The summed E-state index contributed by atoms with van der Waals surface area (Å²) in [6, 6.07) is 63.0. The normalized spacial score (nSPS) is 14.0. The molecule has 1 unspecified atom stereocenters. The van der Waals surface area contributed by atoms with Gasteiger partial charge in [-0.1, -0.05) is 219 Å². The Morgan fingerprint density at radius 3 is 1.81 bits per heavy atom. The van der Waals surface area contributed by atoms with Crippen LogP contribution >= 0.6 is 0 Å². The van der Waals surface area contributed by atoms with Gasteiger partial charge in [0.15, 0.2) is 0 Å². The average molecular weight is 1230 g/mol. The molecule has 398 valence electrons. The minimum atomic E-state index is -0.880. The number of hydrogen-bond acceptors (Lipinski definition) is 2. The molecule has 0 saturated heterocycles. The second-order valence-electron chi connectivity index (χ2n) is 23.0. The van der Waals surface area contributed by atoms with Crippen molar-refractivity contribution in [2.75, 3.05) is 0 Å². The van der Waals surface area contributed by atoms with E-state index in [4.69, 9.17) is 13.8 Å². The Morgan fingerprint density at radius 2 is 1.16 bits per heavy atom. The summed E-state index contributed by atoms with van der Waals surface area (Å²) in [5.74, 6) is 0.671. The van der Waals surface area contributed by atoms with Crippen molar-refractivity contribution >= 4 is 54.6 Å². The Hall–Kier alpha value is -8.31. The summed E-state index contributed by atoms with van der Waals surface area (Å²) in [5, 5.41) is 4.20. The van der Waals surface area contributed by atoms with E-state index in [1.54, 1.807) is 6.20 Å². The summed E-state index contributed by atoms with van der Waals surface area (Å²) >= 11 is 0. The zero-order chi connectivity index (χ0) is 59.6. The monoisotopic (exact) mass is 1230 g/mol. The fourth-order valence-electron chi connectivity index (χ4n) is 11.1. The number of hydrogen-bond donors (Lipinski definition) is 0. The predicted molar refractivity (Wildman–Crippen MR) is 326 cm³/mol. The number of benzene rings is 9. The molecule has 80 heavy (non-hydrogen) atoms. The van der Waals surface area contributed by atoms with Gasteiger partial charge in [0.1, 0.15) is 5.82 Å². The van der Waals surface area contributed by atoms with Crippen molar-refractivity contribution < 1.29 is 38.6 Å². The van der Waals surface area contributed by atoms with E-state index in [-0.39, 0.29) is 55.5 Å². The number of ether oxygens (including phenoxy) is 1. The largest absolute Gasteiger partial charge is 0.510 e. The molecule has 13 rings (SSSR count). The molecule has 0 saturated carbocycles. The Bertz CT molecular complexity index is 4750. The van der Waals surface area contributed by atoms with E-state index in [0.29, 0.717) is 34.3 Å². The molecule has 0 N–H and O–H groups in total. The molecule has 13 aromatic rings. The van der Waals surface area contributed by atoms with Gasteiger partial charge in [0, 0.05) is 56.4 Å². The van der Waals surface area contributed by atoms with E-state index in [1.807, 2.05) is 94.9 Å². The maximum Gasteiger partial charge on any atom is 0.268 e. The maximum absolute atomic E-state index is 9.45. The third-order valence-corrected chi connectivity index (χ3v) is 15.5. The van der Waals surface area contributed by atoms with E-state index in [1.165, 1.54) is 0 Å². The molecule has 6 nitrogen and oxygen atoms in total. The fraction of sp³-hybridized carbons (Fsp3) is 0.178. The van der Waals surface area contributed by atoms with Gasteiger partial charge in [-0.05, 0) is 109 Å².